The van der Waals surface area contributed by atoms with Gasteiger partial charge in [0.2, 0.25) is 0 Å². The summed E-state index contributed by atoms with van der Waals surface area (Å²) in [4.78, 5) is 14.0. The molecular weight excluding hydrogens is 303 g/mol. The van der Waals surface area contributed by atoms with Gasteiger partial charge in [-0.05, 0) is 18.1 Å². The molecule has 0 spiro atoms. The third-order valence-corrected chi connectivity index (χ3v) is 2.61. The summed E-state index contributed by atoms with van der Waals surface area (Å²) in [6.45, 7) is 3.55. The number of phenolic OH excluding ortho intramolecular Hbond substituents is 1. The molecule has 1 aromatic carbocycles. The minimum absolute atomic E-state index is 0. The van der Waals surface area contributed by atoms with E-state index in [4.69, 9.17) is 10.8 Å². The predicted molar refractivity (Wildman–Crippen MR) is 73.9 cm³/mol. The molecule has 0 saturated heterocycles. The summed E-state index contributed by atoms with van der Waals surface area (Å²) in [6.07, 6.45) is 1.67. The number of nitrogens with two attached hydrogens (primary N) is 1. The van der Waals surface area contributed by atoms with Crippen molar-refractivity contribution in [1.82, 2.24) is 4.98 Å². The number of phenols is 1. The maximum absolute atomic E-state index is 10.0. The summed E-state index contributed by atoms with van der Waals surface area (Å²) < 4.78 is 0. The molecule has 6 heteroatoms. The number of aromatic hydroxyl groups is 1. The van der Waals surface area contributed by atoms with Crippen LogP contribution < -0.4 is 5.73 Å². The monoisotopic (exact) mass is 321 g/mol. The second-order valence-electron chi connectivity index (χ2n) is 4.46. The maximum atomic E-state index is 10.0. The second kappa shape index (κ2) is 8.52. The summed E-state index contributed by atoms with van der Waals surface area (Å²) in [7, 11) is 0. The molecule has 4 N–H and O–H groups in total. The van der Waals surface area contributed by atoms with Gasteiger partial charge < -0.3 is 15.9 Å². The van der Waals surface area contributed by atoms with Crippen LogP contribution in [0.5, 0.6) is 5.75 Å². The average molecular weight is 321 g/mol. The summed E-state index contributed by atoms with van der Waals surface area (Å²) in [5.41, 5.74) is 5.82. The number of pyridine rings is 1. The molecule has 0 saturated carbocycles. The molecule has 1 atom stereocenters. The van der Waals surface area contributed by atoms with Crippen molar-refractivity contribution in [2.75, 3.05) is 0 Å². The number of aliphatic carboxylic acids is 1. The summed E-state index contributed by atoms with van der Waals surface area (Å²) >= 11 is 0. The van der Waals surface area contributed by atoms with E-state index in [0.29, 0.717) is 5.52 Å². The van der Waals surface area contributed by atoms with Crippen LogP contribution in [0.2, 0.25) is 0 Å². The number of carbonyl (C=O) groups is 1. The molecule has 0 aliphatic carbocycles. The molecule has 0 amide bonds. The number of carboxylic acid groups (broad SMARTS) is 1. The number of fused-ring (bicyclic) bond motifs is 1. The number of aromatic nitrogens is 1. The van der Waals surface area contributed by atoms with Gasteiger partial charge in [-0.25, -0.2) is 0 Å². The predicted octanol–water partition coefficient (Wildman–Crippen LogP) is 1.99. The van der Waals surface area contributed by atoms with Crippen molar-refractivity contribution >= 4 is 16.9 Å². The van der Waals surface area contributed by atoms with Gasteiger partial charge in [0.25, 0.3) is 0 Å². The Labute approximate surface area is 128 Å². The third kappa shape index (κ3) is 5.16. The molecule has 1 aromatic heterocycles. The normalized spacial score (nSPS) is 11.2. The number of para-hydroxylation sites is 1. The maximum Gasteiger partial charge on any atom is 0.320 e. The van der Waals surface area contributed by atoms with Crippen LogP contribution >= 0.6 is 0 Å². The van der Waals surface area contributed by atoms with E-state index in [1.165, 1.54) is 0 Å². The first kappa shape index (κ1) is 18.4. The fraction of sp³-hybridized carbons (Fsp3) is 0.286. The molecule has 111 valence electrons. The van der Waals surface area contributed by atoms with Crippen LogP contribution in [0.25, 0.3) is 10.9 Å². The van der Waals surface area contributed by atoms with Gasteiger partial charge in [0.1, 0.15) is 17.3 Å². The first-order valence-electron chi connectivity index (χ1n) is 5.94. The minimum atomic E-state index is -0.931. The van der Waals surface area contributed by atoms with Crippen LogP contribution in [0.4, 0.5) is 0 Å². The molecule has 1 radical (unpaired) electrons. The van der Waals surface area contributed by atoms with Crippen molar-refractivity contribution in [1.29, 1.82) is 0 Å². The molecule has 1 heterocycles. The quantitative estimate of drug-likeness (QED) is 0.786. The first-order chi connectivity index (χ1) is 8.93. The van der Waals surface area contributed by atoms with E-state index >= 15 is 0 Å². The number of nitrogens with zero attached hydrogens (tertiary/aromatic N) is 1. The molecule has 2 aromatic rings. The zero-order valence-electron chi connectivity index (χ0n) is 11.3. The van der Waals surface area contributed by atoms with Gasteiger partial charge >= 0.3 is 5.97 Å². The van der Waals surface area contributed by atoms with E-state index in [-0.39, 0.29) is 28.4 Å². The largest absolute Gasteiger partial charge is 0.506 e. The van der Waals surface area contributed by atoms with Crippen LogP contribution in [0, 0.1) is 5.92 Å². The van der Waals surface area contributed by atoms with Crippen molar-refractivity contribution in [2.24, 2.45) is 11.7 Å². The Balaban J connectivity index is 0.000000364. The van der Waals surface area contributed by atoms with E-state index in [2.05, 4.69) is 4.98 Å². The van der Waals surface area contributed by atoms with Gasteiger partial charge in [-0.3, -0.25) is 9.78 Å². The Morgan fingerprint density at radius 3 is 2.30 bits per heavy atom. The average Bonchev–Trinajstić information content (AvgIpc) is 2.39. The number of rotatable bonds is 2. The Morgan fingerprint density at radius 1 is 1.25 bits per heavy atom. The SMILES string of the molecule is CC(C)C(N)C(=O)O.Oc1cccc2cccnc12.[Co]. The number of hydrogen-bond acceptors (Lipinski definition) is 4. The Bertz CT molecular complexity index is 556. The first-order valence-corrected chi connectivity index (χ1v) is 5.94. The van der Waals surface area contributed by atoms with Crippen molar-refractivity contribution in [3.05, 3.63) is 36.5 Å². The molecule has 0 aliphatic rings. The van der Waals surface area contributed by atoms with E-state index < -0.39 is 12.0 Å². The van der Waals surface area contributed by atoms with Gasteiger partial charge in [0.05, 0.1) is 0 Å². The van der Waals surface area contributed by atoms with Crippen LogP contribution in [-0.4, -0.2) is 27.2 Å². The Morgan fingerprint density at radius 2 is 1.85 bits per heavy atom. The smallest absolute Gasteiger partial charge is 0.320 e. The number of carboxylic acids is 1. The topological polar surface area (TPSA) is 96.4 Å². The summed E-state index contributed by atoms with van der Waals surface area (Å²) in [5, 5.41) is 18.5. The van der Waals surface area contributed by atoms with E-state index in [1.54, 1.807) is 32.2 Å². The number of hydrogen-bond donors (Lipinski definition) is 3. The fourth-order valence-corrected chi connectivity index (χ4v) is 1.37. The van der Waals surface area contributed by atoms with Gasteiger partial charge in [-0.1, -0.05) is 32.0 Å². The van der Waals surface area contributed by atoms with Gasteiger partial charge in [0.15, 0.2) is 0 Å². The second-order valence-corrected chi connectivity index (χ2v) is 4.46. The third-order valence-electron chi connectivity index (χ3n) is 2.61. The zero-order valence-corrected chi connectivity index (χ0v) is 12.3. The van der Waals surface area contributed by atoms with Crippen molar-refractivity contribution < 1.29 is 31.8 Å². The minimum Gasteiger partial charge on any atom is -0.506 e. The van der Waals surface area contributed by atoms with Crippen molar-refractivity contribution in [3.63, 3.8) is 0 Å². The van der Waals surface area contributed by atoms with Gasteiger partial charge in [-0.15, -0.1) is 0 Å². The molecule has 1 unspecified atom stereocenters. The molecule has 2 rings (SSSR count). The molecule has 0 aliphatic heterocycles. The van der Waals surface area contributed by atoms with Crippen LogP contribution in [0.15, 0.2) is 36.5 Å². The van der Waals surface area contributed by atoms with Crippen molar-refractivity contribution in [3.8, 4) is 5.75 Å². The van der Waals surface area contributed by atoms with E-state index in [1.807, 2.05) is 18.2 Å². The standard InChI is InChI=1S/C9H7NO.C5H11NO2.Co/c11-8-5-1-3-7-4-2-6-10-9(7)8;1-3(2)4(6)5(7)8;/h1-6,11H;3-4H,6H2,1-2H3,(H,7,8);. The van der Waals surface area contributed by atoms with E-state index in [9.17, 15) is 9.90 Å². The Kier molecular flexibility index (Phi) is 7.82. The van der Waals surface area contributed by atoms with Crippen molar-refractivity contribution in [2.45, 2.75) is 19.9 Å². The number of benzene rings is 1. The molecule has 0 fully saturated rings. The summed E-state index contributed by atoms with van der Waals surface area (Å²) in [5.74, 6) is -0.671. The molecule has 5 nitrogen and oxygen atoms in total. The molecule has 20 heavy (non-hydrogen) atoms. The van der Waals surface area contributed by atoms with Crippen LogP contribution in [-0.2, 0) is 21.6 Å². The van der Waals surface area contributed by atoms with Gasteiger partial charge in [0, 0.05) is 28.4 Å². The molecular formula is C14H18CoN2O3. The van der Waals surface area contributed by atoms with E-state index in [0.717, 1.165) is 5.39 Å². The fourth-order valence-electron chi connectivity index (χ4n) is 1.37. The summed E-state index contributed by atoms with van der Waals surface area (Å²) in [6, 6.07) is 8.41. The zero-order chi connectivity index (χ0) is 14.4. The van der Waals surface area contributed by atoms with Crippen LogP contribution in [0.3, 0.4) is 0 Å². The van der Waals surface area contributed by atoms with Gasteiger partial charge in [-0.2, -0.15) is 0 Å². The molecule has 0 bridgehead atoms. The Hall–Kier alpha value is -1.63. The van der Waals surface area contributed by atoms with Crippen LogP contribution in [0.1, 0.15) is 13.8 Å².